The fourth-order valence-corrected chi connectivity index (χ4v) is 7.14. The molecule has 15 nitrogen and oxygen atoms in total. The smallest absolute Gasteiger partial charge is 0.254 e. The highest BCUT2D eigenvalue weighted by Gasteiger charge is 2.27. The molecule has 4 N–H and O–H groups in total. The van der Waals surface area contributed by atoms with Gasteiger partial charge in [-0.1, -0.05) is 13.0 Å². The molecule has 3 aromatic rings. The first kappa shape index (κ1) is 49.3. The van der Waals surface area contributed by atoms with E-state index in [1.807, 2.05) is 31.2 Å². The van der Waals surface area contributed by atoms with Crippen molar-refractivity contribution >= 4 is 27.3 Å². The van der Waals surface area contributed by atoms with Gasteiger partial charge in [-0.25, -0.2) is 17.8 Å². The molecule has 328 valence electrons. The second-order valence-corrected chi connectivity index (χ2v) is 15.4. The zero-order valence-electron chi connectivity index (χ0n) is 34.6. The normalized spacial score (nSPS) is 12.6. The first-order valence-electron chi connectivity index (χ1n) is 20.0. The number of amides is 1. The highest BCUT2D eigenvalue weighted by molar-refractivity contribution is 7.91. The number of pyridine rings is 1. The third-order valence-electron chi connectivity index (χ3n) is 8.95. The minimum Gasteiger partial charge on any atom is -0.491 e. The van der Waals surface area contributed by atoms with E-state index < -0.39 is 26.5 Å². The number of fused-ring (bicyclic) bond motifs is 1. The van der Waals surface area contributed by atoms with E-state index in [0.29, 0.717) is 97.2 Å². The number of sulfone groups is 1. The number of benzene rings is 2. The topological polar surface area (TPSA) is 201 Å². The Morgan fingerprint density at radius 2 is 1.42 bits per heavy atom. The van der Waals surface area contributed by atoms with Crippen molar-refractivity contribution < 1.29 is 55.6 Å². The van der Waals surface area contributed by atoms with Gasteiger partial charge in [0, 0.05) is 55.4 Å². The minimum atomic E-state index is -3.95. The van der Waals surface area contributed by atoms with Crippen molar-refractivity contribution in [1.82, 2.24) is 9.88 Å². The third-order valence-corrected chi connectivity index (χ3v) is 10.8. The van der Waals surface area contributed by atoms with Crippen LogP contribution >= 0.6 is 0 Å². The molecule has 1 amide bonds. The Balaban J connectivity index is 0.000000378. The Morgan fingerprint density at radius 3 is 1.98 bits per heavy atom. The molecular weight excluding hydrogens is 788 g/mol. The molecule has 1 aromatic heterocycles. The lowest BCUT2D eigenvalue weighted by atomic mass is 10.0. The van der Waals surface area contributed by atoms with Gasteiger partial charge in [-0.05, 0) is 67.8 Å². The number of ketones is 1. The summed E-state index contributed by atoms with van der Waals surface area (Å²) in [5.41, 5.74) is 13.5. The molecule has 2 heterocycles. The number of hydrogen-bond acceptors (Lipinski definition) is 14. The highest BCUT2D eigenvalue weighted by Crippen LogP contribution is 2.31. The molecule has 0 spiro atoms. The zero-order valence-corrected chi connectivity index (χ0v) is 35.4. The number of Topliss-reactive ketones (excluding diaryl/α,β-unsaturated/α-hetero) is 1. The van der Waals surface area contributed by atoms with Crippen molar-refractivity contribution in [3.63, 3.8) is 0 Å². The average Bonchev–Trinajstić information content (AvgIpc) is 3.45. The van der Waals surface area contributed by atoms with Gasteiger partial charge in [-0.2, -0.15) is 0 Å². The van der Waals surface area contributed by atoms with Crippen molar-refractivity contribution in [2.75, 3.05) is 110 Å². The van der Waals surface area contributed by atoms with Crippen LogP contribution in [0.4, 0.5) is 10.2 Å². The number of aromatic nitrogens is 1. The molecule has 17 heteroatoms. The van der Waals surface area contributed by atoms with Gasteiger partial charge in [0.2, 0.25) is 0 Å². The lowest BCUT2D eigenvalue weighted by Crippen LogP contribution is -2.33. The monoisotopic (exact) mass is 848 g/mol. The second-order valence-electron chi connectivity index (χ2n) is 13.3. The number of halogens is 1. The third kappa shape index (κ3) is 17.6. The van der Waals surface area contributed by atoms with E-state index in [1.165, 1.54) is 13.0 Å². The molecule has 2 aromatic carbocycles. The molecule has 0 fully saturated rings. The quantitative estimate of drug-likeness (QED) is 0.108. The van der Waals surface area contributed by atoms with Crippen LogP contribution in [0.1, 0.15) is 54.6 Å². The van der Waals surface area contributed by atoms with Gasteiger partial charge >= 0.3 is 0 Å². The summed E-state index contributed by atoms with van der Waals surface area (Å²) in [6, 6.07) is 11.7. The predicted octanol–water partition coefficient (Wildman–Crippen LogP) is 4.41. The van der Waals surface area contributed by atoms with Gasteiger partial charge in [-0.15, -0.1) is 0 Å². The predicted molar refractivity (Wildman–Crippen MR) is 222 cm³/mol. The summed E-state index contributed by atoms with van der Waals surface area (Å²) in [6.45, 7) is 13.5. The number of rotatable bonds is 26. The summed E-state index contributed by atoms with van der Waals surface area (Å²) in [5.74, 6) is -0.681. The van der Waals surface area contributed by atoms with Crippen LogP contribution in [0.5, 0.6) is 5.75 Å². The van der Waals surface area contributed by atoms with Crippen LogP contribution in [0.2, 0.25) is 0 Å². The van der Waals surface area contributed by atoms with E-state index in [9.17, 15) is 18.0 Å². The van der Waals surface area contributed by atoms with Crippen LogP contribution in [0.15, 0.2) is 53.6 Å². The maximum atomic E-state index is 15.3. The average molecular weight is 849 g/mol. The summed E-state index contributed by atoms with van der Waals surface area (Å²) in [4.78, 5) is 30.2. The first-order chi connectivity index (χ1) is 28.5. The number of ether oxygens (including phenoxy) is 7. The van der Waals surface area contributed by atoms with Crippen LogP contribution in [-0.4, -0.2) is 135 Å². The molecule has 0 aliphatic carbocycles. The lowest BCUT2D eigenvalue weighted by molar-refractivity contribution is -0.118. The molecular formula is C42H61FN4O11S. The van der Waals surface area contributed by atoms with E-state index in [2.05, 4.69) is 4.98 Å². The molecule has 0 radical (unpaired) electrons. The van der Waals surface area contributed by atoms with Crippen LogP contribution in [0, 0.1) is 12.7 Å². The SMILES string of the molecule is CCC(=O)CCCS(=O)(=O)c1ccc(C(=O)N2CCOc3ccc(-c4ccc(N)nc4)cc3C2)c(C)c1F.CCOCCOCCOCCOCCOCCOCCN. The van der Waals surface area contributed by atoms with Crippen molar-refractivity contribution in [1.29, 1.82) is 0 Å². The molecule has 0 saturated carbocycles. The molecule has 1 aliphatic heterocycles. The molecule has 59 heavy (non-hydrogen) atoms. The first-order valence-corrected chi connectivity index (χ1v) is 21.6. The largest absolute Gasteiger partial charge is 0.491 e. The summed E-state index contributed by atoms with van der Waals surface area (Å²) < 4.78 is 78.2. The molecule has 0 atom stereocenters. The van der Waals surface area contributed by atoms with E-state index in [4.69, 9.17) is 44.6 Å². The molecule has 4 rings (SSSR count). The van der Waals surface area contributed by atoms with Crippen LogP contribution in [-0.2, 0) is 49.6 Å². The number of carbonyl (C=O) groups excluding carboxylic acids is 2. The fraction of sp³-hybridized carbons (Fsp3) is 0.548. The van der Waals surface area contributed by atoms with Gasteiger partial charge in [0.1, 0.15) is 34.7 Å². The van der Waals surface area contributed by atoms with Gasteiger partial charge in [0.15, 0.2) is 9.84 Å². The maximum absolute atomic E-state index is 15.3. The van der Waals surface area contributed by atoms with E-state index in [-0.39, 0.29) is 55.2 Å². The number of hydrogen-bond donors (Lipinski definition) is 2. The van der Waals surface area contributed by atoms with Gasteiger partial charge in [0.25, 0.3) is 5.91 Å². The van der Waals surface area contributed by atoms with Crippen molar-refractivity contribution in [2.24, 2.45) is 5.73 Å². The summed E-state index contributed by atoms with van der Waals surface area (Å²) >= 11 is 0. The highest BCUT2D eigenvalue weighted by atomic mass is 32.2. The minimum absolute atomic E-state index is 0.0344. The molecule has 0 saturated heterocycles. The van der Waals surface area contributed by atoms with E-state index >= 15 is 4.39 Å². The number of carbonyl (C=O) groups is 2. The zero-order chi connectivity index (χ0) is 42.9. The van der Waals surface area contributed by atoms with Crippen LogP contribution in [0.3, 0.4) is 0 Å². The van der Waals surface area contributed by atoms with E-state index in [0.717, 1.165) is 29.4 Å². The van der Waals surface area contributed by atoms with Crippen LogP contribution < -0.4 is 16.2 Å². The van der Waals surface area contributed by atoms with Gasteiger partial charge < -0.3 is 49.5 Å². The van der Waals surface area contributed by atoms with Crippen molar-refractivity contribution in [3.8, 4) is 16.9 Å². The Morgan fingerprint density at radius 1 is 0.831 bits per heavy atom. The lowest BCUT2D eigenvalue weighted by Gasteiger charge is -2.22. The molecule has 0 unspecified atom stereocenters. The number of anilines is 1. The van der Waals surface area contributed by atoms with Gasteiger partial charge in [0.05, 0.1) is 85.0 Å². The number of nitrogen functional groups attached to an aromatic ring is 1. The Kier molecular flexibility index (Phi) is 23.1. The molecule has 0 bridgehead atoms. The van der Waals surface area contributed by atoms with E-state index in [1.54, 1.807) is 24.1 Å². The standard InChI is InChI=1S/C28H30FN3O5S.C14H31NO6/c1-3-22(33)5-4-14-38(35,36)25-10-8-23(18(2)27(25)29)28(34)32-12-13-37-24-9-6-19(15-21(24)17-32)20-7-11-26(30)31-16-20;1-2-16-5-6-18-9-10-20-13-14-21-12-11-19-8-7-17-4-3-15/h6-11,15-16H,3-5,12-14,17H2,1-2H3,(H2,30,31);2-15H2,1H3. The van der Waals surface area contributed by atoms with Crippen LogP contribution in [0.25, 0.3) is 11.1 Å². The maximum Gasteiger partial charge on any atom is 0.254 e. The van der Waals surface area contributed by atoms with Gasteiger partial charge in [-0.3, -0.25) is 9.59 Å². The summed E-state index contributed by atoms with van der Waals surface area (Å²) in [7, 11) is -3.95. The Hall–Kier alpha value is -4.07. The fourth-order valence-electron chi connectivity index (χ4n) is 5.70. The second kappa shape index (κ2) is 27.6. The summed E-state index contributed by atoms with van der Waals surface area (Å²) in [5, 5.41) is 0. The number of nitrogens with zero attached hydrogens (tertiary/aromatic N) is 2. The molecule has 1 aliphatic rings. The number of nitrogens with two attached hydrogens (primary N) is 2. The Bertz CT molecular complexity index is 1800. The van der Waals surface area contributed by atoms with Crippen molar-refractivity contribution in [2.45, 2.75) is 51.5 Å². The summed E-state index contributed by atoms with van der Waals surface area (Å²) in [6.07, 6.45) is 2.24. The Labute approximate surface area is 347 Å². The van der Waals surface area contributed by atoms with Crippen molar-refractivity contribution in [3.05, 3.63) is 71.2 Å².